The Labute approximate surface area is 105 Å². The fraction of sp³-hybridized carbons (Fsp3) is 0.333. The molecule has 0 aromatic carbocycles. The van der Waals surface area contributed by atoms with Crippen LogP contribution in [0.25, 0.3) is 0 Å². The van der Waals surface area contributed by atoms with Gasteiger partial charge in [-0.25, -0.2) is 0 Å². The molecule has 0 aliphatic heterocycles. The maximum atomic E-state index is 12.0. The lowest BCUT2D eigenvalue weighted by molar-refractivity contribution is 0.101. The van der Waals surface area contributed by atoms with Crippen molar-refractivity contribution in [3.63, 3.8) is 0 Å². The van der Waals surface area contributed by atoms with Gasteiger partial charge in [0.2, 0.25) is 0 Å². The zero-order valence-corrected chi connectivity index (χ0v) is 10.5. The van der Waals surface area contributed by atoms with Crippen LogP contribution in [0.15, 0.2) is 18.3 Å². The summed E-state index contributed by atoms with van der Waals surface area (Å²) >= 11 is 0. The number of nitrogens with one attached hydrogen (secondary N) is 2. The molecule has 0 aliphatic rings. The SMILES string of the molecule is CCCc1cc(NC(=O)c2cc(N)cn2C)n[nH]1. The number of carbonyl (C=O) groups is 1. The zero-order valence-electron chi connectivity index (χ0n) is 10.5. The van der Waals surface area contributed by atoms with Gasteiger partial charge in [0, 0.05) is 25.0 Å². The Bertz CT molecular complexity index is 555. The van der Waals surface area contributed by atoms with Crippen LogP contribution in [0.1, 0.15) is 29.5 Å². The number of carbonyl (C=O) groups excluding carboxylic acids is 1. The molecule has 6 nitrogen and oxygen atoms in total. The summed E-state index contributed by atoms with van der Waals surface area (Å²) < 4.78 is 1.68. The van der Waals surface area contributed by atoms with Crippen molar-refractivity contribution in [2.45, 2.75) is 19.8 Å². The van der Waals surface area contributed by atoms with E-state index in [1.807, 2.05) is 6.07 Å². The summed E-state index contributed by atoms with van der Waals surface area (Å²) in [7, 11) is 1.78. The van der Waals surface area contributed by atoms with E-state index in [1.54, 1.807) is 23.9 Å². The Morgan fingerprint density at radius 1 is 1.56 bits per heavy atom. The summed E-state index contributed by atoms with van der Waals surface area (Å²) in [6.07, 6.45) is 3.64. The summed E-state index contributed by atoms with van der Waals surface area (Å²) in [6, 6.07) is 3.47. The number of H-pyrrole nitrogens is 1. The van der Waals surface area contributed by atoms with Crippen molar-refractivity contribution < 1.29 is 4.79 Å². The third kappa shape index (κ3) is 2.53. The molecule has 2 heterocycles. The van der Waals surface area contributed by atoms with Crippen molar-refractivity contribution >= 4 is 17.4 Å². The molecule has 0 aliphatic carbocycles. The number of aryl methyl sites for hydroxylation is 2. The first-order chi connectivity index (χ1) is 8.60. The van der Waals surface area contributed by atoms with E-state index >= 15 is 0 Å². The second-order valence-corrected chi connectivity index (χ2v) is 4.25. The predicted molar refractivity (Wildman–Crippen MR) is 70.4 cm³/mol. The molecule has 6 heteroatoms. The molecule has 18 heavy (non-hydrogen) atoms. The van der Waals surface area contributed by atoms with E-state index < -0.39 is 0 Å². The summed E-state index contributed by atoms with van der Waals surface area (Å²) in [5.74, 6) is 0.312. The smallest absolute Gasteiger partial charge is 0.273 e. The minimum absolute atomic E-state index is 0.219. The quantitative estimate of drug-likeness (QED) is 0.765. The van der Waals surface area contributed by atoms with Crippen LogP contribution < -0.4 is 11.1 Å². The number of hydrogen-bond acceptors (Lipinski definition) is 3. The van der Waals surface area contributed by atoms with Crippen LogP contribution in [0.5, 0.6) is 0 Å². The van der Waals surface area contributed by atoms with Gasteiger partial charge in [0.15, 0.2) is 5.82 Å². The predicted octanol–water partition coefficient (Wildman–Crippen LogP) is 1.54. The maximum absolute atomic E-state index is 12.0. The first-order valence-electron chi connectivity index (χ1n) is 5.87. The second kappa shape index (κ2) is 4.95. The Kier molecular flexibility index (Phi) is 3.36. The minimum atomic E-state index is -0.219. The fourth-order valence-electron chi connectivity index (χ4n) is 1.82. The molecule has 0 bridgehead atoms. The Balaban J connectivity index is 2.08. The lowest BCUT2D eigenvalue weighted by atomic mass is 10.2. The van der Waals surface area contributed by atoms with Crippen LogP contribution >= 0.6 is 0 Å². The number of hydrogen-bond donors (Lipinski definition) is 3. The first-order valence-corrected chi connectivity index (χ1v) is 5.87. The number of amides is 1. The number of rotatable bonds is 4. The van der Waals surface area contributed by atoms with Gasteiger partial charge in [-0.2, -0.15) is 5.10 Å². The third-order valence-corrected chi connectivity index (χ3v) is 2.65. The zero-order chi connectivity index (χ0) is 13.1. The lowest BCUT2D eigenvalue weighted by Crippen LogP contribution is -2.15. The topological polar surface area (TPSA) is 88.7 Å². The van der Waals surface area contributed by atoms with E-state index in [1.165, 1.54) is 0 Å². The molecular weight excluding hydrogens is 230 g/mol. The van der Waals surface area contributed by atoms with Gasteiger partial charge < -0.3 is 15.6 Å². The van der Waals surface area contributed by atoms with Crippen LogP contribution in [0.4, 0.5) is 11.5 Å². The number of nitrogens with two attached hydrogens (primary N) is 1. The van der Waals surface area contributed by atoms with Crippen LogP contribution in [0.2, 0.25) is 0 Å². The summed E-state index contributed by atoms with van der Waals surface area (Å²) in [4.78, 5) is 12.0. The average Bonchev–Trinajstić information content (AvgIpc) is 2.86. The number of anilines is 2. The van der Waals surface area contributed by atoms with Crippen molar-refractivity contribution in [2.75, 3.05) is 11.1 Å². The highest BCUT2D eigenvalue weighted by molar-refractivity contribution is 6.03. The molecule has 2 aromatic heterocycles. The van der Waals surface area contributed by atoms with Crippen molar-refractivity contribution in [2.24, 2.45) is 7.05 Å². The van der Waals surface area contributed by atoms with E-state index in [9.17, 15) is 4.79 Å². The molecule has 0 unspecified atom stereocenters. The summed E-state index contributed by atoms with van der Waals surface area (Å²) in [6.45, 7) is 2.09. The highest BCUT2D eigenvalue weighted by Gasteiger charge is 2.12. The van der Waals surface area contributed by atoms with Crippen molar-refractivity contribution in [1.29, 1.82) is 0 Å². The van der Waals surface area contributed by atoms with Crippen LogP contribution in [0, 0.1) is 0 Å². The molecule has 0 spiro atoms. The van der Waals surface area contributed by atoms with Gasteiger partial charge in [0.05, 0.1) is 5.69 Å². The van der Waals surface area contributed by atoms with Crippen molar-refractivity contribution in [1.82, 2.24) is 14.8 Å². The molecule has 2 rings (SSSR count). The van der Waals surface area contributed by atoms with Gasteiger partial charge >= 0.3 is 0 Å². The molecule has 0 atom stereocenters. The van der Waals surface area contributed by atoms with Crippen molar-refractivity contribution in [3.05, 3.63) is 29.7 Å². The Morgan fingerprint density at radius 3 is 2.94 bits per heavy atom. The van der Waals surface area contributed by atoms with Gasteiger partial charge in [-0.15, -0.1) is 0 Å². The molecular formula is C12H17N5O. The molecule has 0 saturated heterocycles. The van der Waals surface area contributed by atoms with Crippen molar-refractivity contribution in [3.8, 4) is 0 Å². The number of aromatic nitrogens is 3. The summed E-state index contributed by atoms with van der Waals surface area (Å²) in [5.41, 5.74) is 7.72. The van der Waals surface area contributed by atoms with Gasteiger partial charge in [0.25, 0.3) is 5.91 Å². The highest BCUT2D eigenvalue weighted by Crippen LogP contribution is 2.12. The number of aromatic amines is 1. The van der Waals surface area contributed by atoms with E-state index in [-0.39, 0.29) is 5.91 Å². The molecule has 0 saturated carbocycles. The van der Waals surface area contributed by atoms with E-state index in [0.29, 0.717) is 17.2 Å². The van der Waals surface area contributed by atoms with Gasteiger partial charge in [-0.3, -0.25) is 9.89 Å². The van der Waals surface area contributed by atoms with E-state index in [2.05, 4.69) is 22.4 Å². The molecule has 96 valence electrons. The standard InChI is InChI=1S/C12H17N5O/c1-3-4-9-6-11(16-15-9)14-12(18)10-5-8(13)7-17(10)2/h5-7H,3-4,13H2,1-2H3,(H2,14,15,16,18). The van der Waals surface area contributed by atoms with Crippen LogP contribution in [-0.2, 0) is 13.5 Å². The average molecular weight is 247 g/mol. The maximum Gasteiger partial charge on any atom is 0.273 e. The van der Waals surface area contributed by atoms with Crippen LogP contribution in [0.3, 0.4) is 0 Å². The molecule has 0 radical (unpaired) electrons. The first kappa shape index (κ1) is 12.2. The monoisotopic (exact) mass is 247 g/mol. The lowest BCUT2D eigenvalue weighted by Gasteiger charge is -2.02. The highest BCUT2D eigenvalue weighted by atomic mass is 16.2. The second-order valence-electron chi connectivity index (χ2n) is 4.25. The van der Waals surface area contributed by atoms with Gasteiger partial charge in [0.1, 0.15) is 5.69 Å². The normalized spacial score (nSPS) is 10.6. The van der Waals surface area contributed by atoms with Gasteiger partial charge in [-0.1, -0.05) is 13.3 Å². The minimum Gasteiger partial charge on any atom is -0.397 e. The largest absolute Gasteiger partial charge is 0.397 e. The summed E-state index contributed by atoms with van der Waals surface area (Å²) in [5, 5.41) is 9.66. The van der Waals surface area contributed by atoms with Crippen LogP contribution in [-0.4, -0.2) is 20.7 Å². The Hall–Kier alpha value is -2.24. The third-order valence-electron chi connectivity index (χ3n) is 2.65. The van der Waals surface area contributed by atoms with E-state index in [4.69, 9.17) is 5.73 Å². The van der Waals surface area contributed by atoms with Gasteiger partial charge in [-0.05, 0) is 12.5 Å². The number of nitrogens with zero attached hydrogens (tertiary/aromatic N) is 2. The van der Waals surface area contributed by atoms with E-state index in [0.717, 1.165) is 18.5 Å². The Morgan fingerprint density at radius 2 is 2.33 bits per heavy atom. The fourth-order valence-corrected chi connectivity index (χ4v) is 1.82. The molecule has 0 fully saturated rings. The molecule has 4 N–H and O–H groups in total. The molecule has 1 amide bonds. The number of nitrogen functional groups attached to an aromatic ring is 1. The molecule has 2 aromatic rings.